The molecule has 0 aliphatic carbocycles. The molecule has 0 radical (unpaired) electrons. The molecule has 0 fully saturated rings. The zero-order valence-electron chi connectivity index (χ0n) is 10.6. The number of nitrogens with two attached hydrogens (primary N) is 1. The van der Waals surface area contributed by atoms with Crippen LogP contribution in [0.25, 0.3) is 0 Å². The first-order chi connectivity index (χ1) is 8.25. The zero-order valence-corrected chi connectivity index (χ0v) is 10.6. The Morgan fingerprint density at radius 3 is 2.56 bits per heavy atom. The molecule has 96 valence electrons. The van der Waals surface area contributed by atoms with Crippen molar-refractivity contribution in [1.29, 1.82) is 5.26 Å². The fraction of sp³-hybridized carbons (Fsp3) is 0.385. The van der Waals surface area contributed by atoms with Crippen LogP contribution in [0.4, 0.5) is 10.1 Å². The topological polar surface area (TPSA) is 78.9 Å². The summed E-state index contributed by atoms with van der Waals surface area (Å²) in [6, 6.07) is 4.92. The van der Waals surface area contributed by atoms with E-state index in [1.807, 2.05) is 26.8 Å². The van der Waals surface area contributed by atoms with Gasteiger partial charge in [-0.2, -0.15) is 5.26 Å². The number of anilines is 1. The van der Waals surface area contributed by atoms with Crippen molar-refractivity contribution in [2.45, 2.75) is 26.8 Å². The largest absolute Gasteiger partial charge is 0.322 e. The number of nitrogens with zero attached hydrogens (tertiary/aromatic N) is 1. The van der Waals surface area contributed by atoms with Gasteiger partial charge in [0.15, 0.2) is 0 Å². The zero-order chi connectivity index (χ0) is 13.9. The van der Waals surface area contributed by atoms with Crippen LogP contribution in [0.15, 0.2) is 18.2 Å². The number of carbonyl (C=O) groups excluding carboxylic acids is 1. The fourth-order valence-corrected chi connectivity index (χ4v) is 1.29. The molecule has 0 aliphatic heterocycles. The Kier molecular flexibility index (Phi) is 4.04. The van der Waals surface area contributed by atoms with Crippen LogP contribution >= 0.6 is 0 Å². The van der Waals surface area contributed by atoms with Crippen LogP contribution in [0, 0.1) is 22.6 Å². The molecule has 0 saturated carbocycles. The highest BCUT2D eigenvalue weighted by molar-refractivity contribution is 5.95. The van der Waals surface area contributed by atoms with Gasteiger partial charge in [-0.25, -0.2) is 4.39 Å². The number of nitrogens with one attached hydrogen (secondary N) is 1. The number of hydrogen-bond acceptors (Lipinski definition) is 3. The maximum atomic E-state index is 13.6. The summed E-state index contributed by atoms with van der Waals surface area (Å²) in [7, 11) is 0. The Labute approximate surface area is 106 Å². The first-order valence-electron chi connectivity index (χ1n) is 5.52. The number of amides is 1. The number of nitriles is 1. The van der Waals surface area contributed by atoms with Gasteiger partial charge in [0.1, 0.15) is 5.82 Å². The summed E-state index contributed by atoms with van der Waals surface area (Å²) in [5.74, 6) is -1.10. The molecule has 3 N–H and O–H groups in total. The van der Waals surface area contributed by atoms with E-state index in [1.165, 1.54) is 12.1 Å². The molecule has 0 unspecified atom stereocenters. The summed E-state index contributed by atoms with van der Waals surface area (Å²) in [5, 5.41) is 11.0. The van der Waals surface area contributed by atoms with E-state index in [1.54, 1.807) is 0 Å². The van der Waals surface area contributed by atoms with E-state index in [0.717, 1.165) is 6.07 Å². The van der Waals surface area contributed by atoms with E-state index in [-0.39, 0.29) is 11.3 Å². The SMILES string of the molecule is CC(C)(C)[C@@H](N)C(=O)Nc1ccc(C#N)cc1F. The van der Waals surface area contributed by atoms with Crippen LogP contribution in [-0.2, 0) is 4.79 Å². The second-order valence-electron chi connectivity index (χ2n) is 5.14. The minimum atomic E-state index is -0.743. The maximum Gasteiger partial charge on any atom is 0.241 e. The lowest BCUT2D eigenvalue weighted by molar-refractivity contribution is -0.119. The van der Waals surface area contributed by atoms with Crippen molar-refractivity contribution in [2.75, 3.05) is 5.32 Å². The van der Waals surface area contributed by atoms with E-state index < -0.39 is 23.2 Å². The highest BCUT2D eigenvalue weighted by Gasteiger charge is 2.27. The highest BCUT2D eigenvalue weighted by atomic mass is 19.1. The van der Waals surface area contributed by atoms with Gasteiger partial charge < -0.3 is 11.1 Å². The van der Waals surface area contributed by atoms with E-state index >= 15 is 0 Å². The summed E-state index contributed by atoms with van der Waals surface area (Å²) >= 11 is 0. The van der Waals surface area contributed by atoms with Gasteiger partial charge in [0.25, 0.3) is 0 Å². The van der Waals surface area contributed by atoms with Crippen molar-refractivity contribution in [3.63, 3.8) is 0 Å². The molecule has 0 aromatic heterocycles. The molecular weight excluding hydrogens is 233 g/mol. The van der Waals surface area contributed by atoms with E-state index in [2.05, 4.69) is 5.32 Å². The molecule has 0 spiro atoms. The Balaban J connectivity index is 2.87. The number of benzene rings is 1. The Bertz CT molecular complexity index is 500. The standard InChI is InChI=1S/C13H16FN3O/c1-13(2,3)11(16)12(18)17-10-5-4-8(7-15)6-9(10)14/h4-6,11H,16H2,1-3H3,(H,17,18)/t11-/m0/s1. The first-order valence-corrected chi connectivity index (χ1v) is 5.52. The minimum Gasteiger partial charge on any atom is -0.322 e. The number of hydrogen-bond donors (Lipinski definition) is 2. The molecule has 1 aromatic carbocycles. The fourth-order valence-electron chi connectivity index (χ4n) is 1.29. The monoisotopic (exact) mass is 249 g/mol. The molecule has 1 amide bonds. The molecule has 1 rings (SSSR count). The van der Waals surface area contributed by atoms with Gasteiger partial charge in [-0.1, -0.05) is 20.8 Å². The third-order valence-corrected chi connectivity index (χ3v) is 2.57. The molecule has 0 saturated heterocycles. The van der Waals surface area contributed by atoms with Crippen molar-refractivity contribution in [3.8, 4) is 6.07 Å². The summed E-state index contributed by atoms with van der Waals surface area (Å²) in [5.41, 5.74) is 5.58. The smallest absolute Gasteiger partial charge is 0.241 e. The van der Waals surface area contributed by atoms with Gasteiger partial charge in [0, 0.05) is 0 Å². The number of rotatable bonds is 2. The molecule has 1 aromatic rings. The second-order valence-corrected chi connectivity index (χ2v) is 5.14. The Morgan fingerprint density at radius 1 is 1.50 bits per heavy atom. The Hall–Kier alpha value is -1.93. The lowest BCUT2D eigenvalue weighted by Gasteiger charge is -2.25. The van der Waals surface area contributed by atoms with Gasteiger partial charge in [-0.15, -0.1) is 0 Å². The van der Waals surface area contributed by atoms with Crippen LogP contribution < -0.4 is 11.1 Å². The molecule has 0 heterocycles. The van der Waals surface area contributed by atoms with Gasteiger partial charge in [0.2, 0.25) is 5.91 Å². The normalized spacial score (nSPS) is 12.7. The highest BCUT2D eigenvalue weighted by Crippen LogP contribution is 2.20. The van der Waals surface area contributed by atoms with Gasteiger partial charge in [-0.05, 0) is 23.6 Å². The molecule has 1 atom stereocenters. The molecule has 18 heavy (non-hydrogen) atoms. The quantitative estimate of drug-likeness (QED) is 0.841. The summed E-state index contributed by atoms with van der Waals surface area (Å²) < 4.78 is 13.6. The second kappa shape index (κ2) is 5.15. The van der Waals surface area contributed by atoms with E-state index in [9.17, 15) is 9.18 Å². The number of carbonyl (C=O) groups is 1. The lowest BCUT2D eigenvalue weighted by Crippen LogP contribution is -2.45. The molecule has 0 bridgehead atoms. The number of halogens is 1. The van der Waals surface area contributed by atoms with Crippen molar-refractivity contribution in [3.05, 3.63) is 29.6 Å². The summed E-state index contributed by atoms with van der Waals surface area (Å²) in [6.45, 7) is 5.48. The van der Waals surface area contributed by atoms with Crippen LogP contribution in [0.3, 0.4) is 0 Å². The van der Waals surface area contributed by atoms with Gasteiger partial charge >= 0.3 is 0 Å². The third-order valence-electron chi connectivity index (χ3n) is 2.57. The molecule has 4 nitrogen and oxygen atoms in total. The Morgan fingerprint density at radius 2 is 2.11 bits per heavy atom. The van der Waals surface area contributed by atoms with E-state index in [4.69, 9.17) is 11.0 Å². The van der Waals surface area contributed by atoms with Gasteiger partial charge in [0.05, 0.1) is 23.4 Å². The molecule has 5 heteroatoms. The predicted molar refractivity (Wildman–Crippen MR) is 67.2 cm³/mol. The maximum absolute atomic E-state index is 13.6. The van der Waals surface area contributed by atoms with E-state index in [0.29, 0.717) is 0 Å². The first kappa shape index (κ1) is 14.1. The third kappa shape index (κ3) is 3.28. The van der Waals surface area contributed by atoms with Crippen molar-refractivity contribution < 1.29 is 9.18 Å². The lowest BCUT2D eigenvalue weighted by atomic mass is 9.87. The van der Waals surface area contributed by atoms with Crippen LogP contribution in [0.5, 0.6) is 0 Å². The van der Waals surface area contributed by atoms with Gasteiger partial charge in [-0.3, -0.25) is 4.79 Å². The minimum absolute atomic E-state index is 0.0266. The van der Waals surface area contributed by atoms with Crippen molar-refractivity contribution in [2.24, 2.45) is 11.1 Å². The predicted octanol–water partition coefficient (Wildman–Crippen LogP) is 2.01. The molecule has 0 aliphatic rings. The summed E-state index contributed by atoms with van der Waals surface area (Å²) in [6.07, 6.45) is 0. The summed E-state index contributed by atoms with van der Waals surface area (Å²) in [4.78, 5) is 11.8. The van der Waals surface area contributed by atoms with Crippen molar-refractivity contribution in [1.82, 2.24) is 0 Å². The average molecular weight is 249 g/mol. The van der Waals surface area contributed by atoms with Crippen LogP contribution in [-0.4, -0.2) is 11.9 Å². The van der Waals surface area contributed by atoms with Crippen molar-refractivity contribution >= 4 is 11.6 Å². The van der Waals surface area contributed by atoms with Crippen LogP contribution in [0.1, 0.15) is 26.3 Å². The average Bonchev–Trinajstić information content (AvgIpc) is 2.29. The molecular formula is C13H16FN3O. The van der Waals surface area contributed by atoms with Crippen LogP contribution in [0.2, 0.25) is 0 Å².